The molecule has 0 bridgehead atoms. The van der Waals surface area contributed by atoms with Crippen LogP contribution in [0.25, 0.3) is 0 Å². The average Bonchev–Trinajstić information content (AvgIpc) is 3.00. The highest BCUT2D eigenvalue weighted by molar-refractivity contribution is 7.09. The van der Waals surface area contributed by atoms with Gasteiger partial charge in [-0.15, -0.1) is 11.3 Å². The van der Waals surface area contributed by atoms with Crippen molar-refractivity contribution >= 4 is 17.0 Å². The molecular weight excluding hydrogens is 256 g/mol. The van der Waals surface area contributed by atoms with E-state index in [2.05, 4.69) is 45.9 Å². The van der Waals surface area contributed by atoms with Crippen LogP contribution >= 0.6 is 11.3 Å². The van der Waals surface area contributed by atoms with Crippen LogP contribution in [0, 0.1) is 0 Å². The van der Waals surface area contributed by atoms with Gasteiger partial charge < -0.3 is 15.0 Å². The third-order valence-electron chi connectivity index (χ3n) is 3.27. The second-order valence-electron chi connectivity index (χ2n) is 4.57. The molecule has 0 saturated carbocycles. The summed E-state index contributed by atoms with van der Waals surface area (Å²) < 4.78 is 5.98. The molecule has 100 valence electrons. The fraction of sp³-hybridized carbons (Fsp3) is 0.333. The molecule has 0 aliphatic carbocycles. The summed E-state index contributed by atoms with van der Waals surface area (Å²) in [5.41, 5.74) is 1.21. The van der Waals surface area contributed by atoms with Crippen molar-refractivity contribution in [3.05, 3.63) is 46.7 Å². The molecule has 0 unspecified atom stereocenters. The minimum absolute atomic E-state index is 0.654. The second kappa shape index (κ2) is 6.08. The van der Waals surface area contributed by atoms with Gasteiger partial charge in [0.2, 0.25) is 0 Å². The number of benzene rings is 1. The number of anilines is 1. The minimum Gasteiger partial charge on any atom is -0.486 e. The summed E-state index contributed by atoms with van der Waals surface area (Å²) in [5.74, 6) is 0.984. The number of nitrogens with one attached hydrogen (secondary N) is 1. The second-order valence-corrected chi connectivity index (χ2v) is 5.61. The predicted octanol–water partition coefficient (Wildman–Crippen LogP) is 2.74. The van der Waals surface area contributed by atoms with Crippen molar-refractivity contribution in [1.82, 2.24) is 5.32 Å². The molecule has 1 aromatic heterocycles. The highest BCUT2D eigenvalue weighted by Gasteiger charge is 2.14. The summed E-state index contributed by atoms with van der Waals surface area (Å²) in [4.78, 5) is 3.65. The number of thiophene rings is 1. The Balaban J connectivity index is 1.73. The Bertz CT molecular complexity index is 507. The Morgan fingerprint density at radius 3 is 2.74 bits per heavy atom. The van der Waals surface area contributed by atoms with Gasteiger partial charge in [-0.1, -0.05) is 18.2 Å². The molecule has 0 radical (unpaired) electrons. The lowest BCUT2D eigenvalue weighted by Crippen LogP contribution is -2.43. The van der Waals surface area contributed by atoms with Crippen molar-refractivity contribution in [1.29, 1.82) is 0 Å². The van der Waals surface area contributed by atoms with Crippen molar-refractivity contribution in [2.24, 2.45) is 0 Å². The number of para-hydroxylation sites is 2. The summed E-state index contributed by atoms with van der Waals surface area (Å²) in [5, 5.41) is 5.46. The van der Waals surface area contributed by atoms with Crippen molar-refractivity contribution < 1.29 is 4.74 Å². The summed E-state index contributed by atoms with van der Waals surface area (Å²) in [6.45, 7) is 4.82. The van der Waals surface area contributed by atoms with Crippen molar-refractivity contribution in [2.75, 3.05) is 31.1 Å². The van der Waals surface area contributed by atoms with E-state index in [0.717, 1.165) is 31.9 Å². The largest absolute Gasteiger partial charge is 0.486 e. The lowest BCUT2D eigenvalue weighted by Gasteiger charge is -2.30. The highest BCUT2D eigenvalue weighted by Crippen LogP contribution is 2.29. The number of ether oxygens (including phenoxy) is 1. The monoisotopic (exact) mass is 274 g/mol. The average molecular weight is 274 g/mol. The van der Waals surface area contributed by atoms with Crippen LogP contribution in [0.5, 0.6) is 5.75 Å². The van der Waals surface area contributed by atoms with Crippen LogP contribution in [0.3, 0.4) is 0 Å². The molecule has 0 amide bonds. The third-order valence-corrected chi connectivity index (χ3v) is 4.12. The van der Waals surface area contributed by atoms with Gasteiger partial charge in [0, 0.05) is 31.1 Å². The number of nitrogens with zero attached hydrogens (tertiary/aromatic N) is 1. The first-order chi connectivity index (χ1) is 9.43. The highest BCUT2D eigenvalue weighted by atomic mass is 32.1. The Hall–Kier alpha value is -1.52. The van der Waals surface area contributed by atoms with Crippen LogP contribution < -0.4 is 15.0 Å². The topological polar surface area (TPSA) is 24.5 Å². The fourth-order valence-corrected chi connectivity index (χ4v) is 2.91. The van der Waals surface area contributed by atoms with E-state index in [4.69, 9.17) is 4.74 Å². The van der Waals surface area contributed by atoms with Crippen LogP contribution in [-0.4, -0.2) is 26.2 Å². The van der Waals surface area contributed by atoms with E-state index in [-0.39, 0.29) is 0 Å². The molecule has 4 heteroatoms. The summed E-state index contributed by atoms with van der Waals surface area (Å²) in [7, 11) is 0. The van der Waals surface area contributed by atoms with Crippen LogP contribution in [0.2, 0.25) is 0 Å². The Morgan fingerprint density at radius 1 is 1.11 bits per heavy atom. The van der Waals surface area contributed by atoms with Gasteiger partial charge in [0.15, 0.2) is 0 Å². The van der Waals surface area contributed by atoms with E-state index in [1.807, 2.05) is 6.07 Å². The molecule has 0 spiro atoms. The van der Waals surface area contributed by atoms with E-state index in [1.165, 1.54) is 10.6 Å². The van der Waals surface area contributed by atoms with E-state index in [0.29, 0.717) is 6.61 Å². The summed E-state index contributed by atoms with van der Waals surface area (Å²) in [6, 6.07) is 12.5. The normalized spacial score (nSPS) is 15.5. The maximum absolute atomic E-state index is 5.98. The number of hydrogen-bond donors (Lipinski definition) is 1. The Kier molecular flexibility index (Phi) is 4.01. The van der Waals surface area contributed by atoms with Crippen LogP contribution in [0.1, 0.15) is 4.88 Å². The van der Waals surface area contributed by atoms with Gasteiger partial charge in [0.25, 0.3) is 0 Å². The molecule has 19 heavy (non-hydrogen) atoms. The third kappa shape index (κ3) is 3.08. The molecule has 3 rings (SSSR count). The van der Waals surface area contributed by atoms with Gasteiger partial charge >= 0.3 is 0 Å². The van der Waals surface area contributed by atoms with Crippen LogP contribution in [0.4, 0.5) is 5.69 Å². The first-order valence-corrected chi connectivity index (χ1v) is 7.51. The molecular formula is C15H18N2OS. The SMILES string of the molecule is c1csc(COc2ccccc2N2CCNCC2)c1. The van der Waals surface area contributed by atoms with E-state index >= 15 is 0 Å². The van der Waals surface area contributed by atoms with Crippen molar-refractivity contribution in [3.8, 4) is 5.75 Å². The standard InChI is InChI=1S/C15H18N2OS/c1-2-6-15(18-12-13-4-3-11-19-13)14(5-1)17-9-7-16-8-10-17/h1-6,11,16H,7-10,12H2. The number of rotatable bonds is 4. The first-order valence-electron chi connectivity index (χ1n) is 6.63. The molecule has 1 N–H and O–H groups in total. The van der Waals surface area contributed by atoms with Crippen molar-refractivity contribution in [3.63, 3.8) is 0 Å². The lowest BCUT2D eigenvalue weighted by atomic mass is 10.2. The minimum atomic E-state index is 0.654. The summed E-state index contributed by atoms with van der Waals surface area (Å²) in [6.07, 6.45) is 0. The van der Waals surface area contributed by atoms with Gasteiger partial charge in [-0.25, -0.2) is 0 Å². The molecule has 1 aromatic carbocycles. The molecule has 2 heterocycles. The van der Waals surface area contributed by atoms with Crippen LogP contribution in [-0.2, 0) is 6.61 Å². The zero-order valence-electron chi connectivity index (χ0n) is 10.8. The number of hydrogen-bond acceptors (Lipinski definition) is 4. The van der Waals surface area contributed by atoms with Crippen molar-refractivity contribution in [2.45, 2.75) is 6.61 Å². The van der Waals surface area contributed by atoms with E-state index in [9.17, 15) is 0 Å². The molecule has 0 atom stereocenters. The zero-order chi connectivity index (χ0) is 12.9. The summed E-state index contributed by atoms with van der Waals surface area (Å²) >= 11 is 1.74. The van der Waals surface area contributed by atoms with Gasteiger partial charge in [0.05, 0.1) is 5.69 Å². The molecule has 1 saturated heterocycles. The number of piperazine rings is 1. The molecule has 1 aliphatic rings. The lowest BCUT2D eigenvalue weighted by molar-refractivity contribution is 0.309. The zero-order valence-corrected chi connectivity index (χ0v) is 11.7. The quantitative estimate of drug-likeness (QED) is 0.928. The smallest absolute Gasteiger partial charge is 0.143 e. The van der Waals surface area contributed by atoms with Gasteiger partial charge in [-0.05, 0) is 23.6 Å². The predicted molar refractivity (Wildman–Crippen MR) is 80.2 cm³/mol. The van der Waals surface area contributed by atoms with Crippen LogP contribution in [0.15, 0.2) is 41.8 Å². The molecule has 1 aliphatic heterocycles. The Morgan fingerprint density at radius 2 is 1.95 bits per heavy atom. The maximum Gasteiger partial charge on any atom is 0.143 e. The first kappa shape index (κ1) is 12.5. The molecule has 2 aromatic rings. The molecule has 1 fully saturated rings. The molecule has 3 nitrogen and oxygen atoms in total. The maximum atomic E-state index is 5.98. The van der Waals surface area contributed by atoms with Gasteiger partial charge in [0.1, 0.15) is 12.4 Å². The fourth-order valence-electron chi connectivity index (χ4n) is 2.29. The van der Waals surface area contributed by atoms with Gasteiger partial charge in [-0.3, -0.25) is 0 Å². The van der Waals surface area contributed by atoms with E-state index < -0.39 is 0 Å². The Labute approximate surface area is 117 Å². The van der Waals surface area contributed by atoms with E-state index in [1.54, 1.807) is 11.3 Å². The van der Waals surface area contributed by atoms with Gasteiger partial charge in [-0.2, -0.15) is 0 Å².